The Kier molecular flexibility index (Phi) is 4.53. The largest absolute Gasteiger partial charge is 0.339 e. The van der Waals surface area contributed by atoms with E-state index < -0.39 is 0 Å². The number of hydrogen-bond acceptors (Lipinski definition) is 3. The van der Waals surface area contributed by atoms with E-state index in [0.29, 0.717) is 24.3 Å². The van der Waals surface area contributed by atoms with Crippen molar-refractivity contribution in [3.05, 3.63) is 63.6 Å². The number of likely N-dealkylation sites (tertiary alicyclic amines) is 1. The predicted molar refractivity (Wildman–Crippen MR) is 108 cm³/mol. The molecule has 0 unspecified atom stereocenters. The number of hydrogen-bond donors (Lipinski definition) is 0. The summed E-state index contributed by atoms with van der Waals surface area (Å²) >= 11 is 0. The third-order valence-corrected chi connectivity index (χ3v) is 6.42. The quantitative estimate of drug-likeness (QED) is 0.801. The number of benzene rings is 1. The highest BCUT2D eigenvalue weighted by molar-refractivity contribution is 5.96. The van der Waals surface area contributed by atoms with Crippen LogP contribution in [0.1, 0.15) is 72.0 Å². The summed E-state index contributed by atoms with van der Waals surface area (Å²) in [5.74, 6) is 1.71. The number of carbonyl (C=O) groups is 1. The molecule has 146 valence electrons. The van der Waals surface area contributed by atoms with E-state index in [1.165, 1.54) is 31.2 Å². The molecule has 0 bridgehead atoms. The lowest BCUT2D eigenvalue weighted by Gasteiger charge is -2.32. The van der Waals surface area contributed by atoms with Crippen molar-refractivity contribution in [3.63, 3.8) is 0 Å². The molecule has 2 saturated carbocycles. The number of nitrogens with zero attached hydrogens (tertiary/aromatic N) is 3. The Morgan fingerprint density at radius 3 is 2.36 bits per heavy atom. The molecule has 5 nitrogen and oxygen atoms in total. The Balaban J connectivity index is 1.23. The zero-order valence-electron chi connectivity index (χ0n) is 16.2. The third-order valence-electron chi connectivity index (χ3n) is 6.42. The van der Waals surface area contributed by atoms with Gasteiger partial charge in [-0.1, -0.05) is 18.2 Å². The third kappa shape index (κ3) is 3.62. The molecule has 1 aliphatic heterocycles. The van der Waals surface area contributed by atoms with Crippen molar-refractivity contribution >= 4 is 5.91 Å². The topological polar surface area (TPSA) is 55.2 Å². The van der Waals surface area contributed by atoms with Crippen LogP contribution in [0, 0.1) is 5.92 Å². The summed E-state index contributed by atoms with van der Waals surface area (Å²) in [5.41, 5.74) is 3.16. The average molecular weight is 377 g/mol. The van der Waals surface area contributed by atoms with E-state index in [9.17, 15) is 9.59 Å². The van der Waals surface area contributed by atoms with E-state index in [0.717, 1.165) is 37.2 Å². The fraction of sp³-hybridized carbons (Fsp3) is 0.522. The van der Waals surface area contributed by atoms with Gasteiger partial charge in [0, 0.05) is 37.2 Å². The Morgan fingerprint density at radius 2 is 1.64 bits per heavy atom. The molecule has 1 amide bonds. The maximum Gasteiger partial charge on any atom is 0.266 e. The van der Waals surface area contributed by atoms with Crippen LogP contribution in [0.3, 0.4) is 0 Å². The lowest BCUT2D eigenvalue weighted by molar-refractivity contribution is 0.0679. The first-order valence-electron chi connectivity index (χ1n) is 10.7. The van der Waals surface area contributed by atoms with Crippen LogP contribution in [0.4, 0.5) is 0 Å². The van der Waals surface area contributed by atoms with E-state index in [1.54, 1.807) is 10.7 Å². The van der Waals surface area contributed by atoms with Crippen molar-refractivity contribution in [2.45, 2.75) is 56.9 Å². The first-order valence-corrected chi connectivity index (χ1v) is 10.7. The highest BCUT2D eigenvalue weighted by Crippen LogP contribution is 2.42. The molecule has 3 aliphatic rings. The maximum atomic E-state index is 13.1. The molecule has 0 N–H and O–H groups in total. The van der Waals surface area contributed by atoms with Crippen molar-refractivity contribution in [2.75, 3.05) is 13.1 Å². The molecule has 0 atom stereocenters. The summed E-state index contributed by atoms with van der Waals surface area (Å²) in [6.07, 6.45) is 6.64. The molecule has 5 heteroatoms. The summed E-state index contributed by atoms with van der Waals surface area (Å²) in [6, 6.07) is 11.6. The van der Waals surface area contributed by atoms with Crippen molar-refractivity contribution in [2.24, 2.45) is 5.92 Å². The molecule has 2 heterocycles. The van der Waals surface area contributed by atoms with E-state index >= 15 is 0 Å². The second kappa shape index (κ2) is 7.19. The second-order valence-electron chi connectivity index (χ2n) is 8.65. The Labute approximate surface area is 165 Å². The number of rotatable bonds is 5. The Bertz CT molecular complexity index is 935. The SMILES string of the molecule is O=C(c1ccccc1C1CC1)N1CCC(Cn2nc(C3CC3)ccc2=O)CC1. The number of amides is 1. The van der Waals surface area contributed by atoms with E-state index in [2.05, 4.69) is 11.2 Å². The van der Waals surface area contributed by atoms with Crippen LogP contribution in [-0.4, -0.2) is 33.7 Å². The monoisotopic (exact) mass is 377 g/mol. The van der Waals surface area contributed by atoms with Crippen LogP contribution in [0.5, 0.6) is 0 Å². The molecule has 28 heavy (non-hydrogen) atoms. The van der Waals surface area contributed by atoms with Gasteiger partial charge in [-0.2, -0.15) is 5.10 Å². The second-order valence-corrected chi connectivity index (χ2v) is 8.65. The minimum Gasteiger partial charge on any atom is -0.339 e. The van der Waals surface area contributed by atoms with Crippen LogP contribution in [0.15, 0.2) is 41.2 Å². The van der Waals surface area contributed by atoms with Gasteiger partial charge < -0.3 is 4.90 Å². The minimum atomic E-state index is -0.0127. The first kappa shape index (κ1) is 17.7. The molecule has 3 fully saturated rings. The summed E-state index contributed by atoms with van der Waals surface area (Å²) < 4.78 is 1.65. The lowest BCUT2D eigenvalue weighted by atomic mass is 9.95. The molecule has 0 radical (unpaired) electrons. The molecule has 2 aliphatic carbocycles. The van der Waals surface area contributed by atoms with Gasteiger partial charge in [-0.3, -0.25) is 9.59 Å². The predicted octanol–water partition coefficient (Wildman–Crippen LogP) is 3.55. The van der Waals surface area contributed by atoms with Gasteiger partial charge >= 0.3 is 0 Å². The van der Waals surface area contributed by atoms with Gasteiger partial charge in [0.25, 0.3) is 11.5 Å². The average Bonchev–Trinajstić information content (AvgIpc) is 3.63. The number of piperidine rings is 1. The van der Waals surface area contributed by atoms with Crippen LogP contribution in [0.25, 0.3) is 0 Å². The summed E-state index contributed by atoms with van der Waals surface area (Å²) in [4.78, 5) is 27.2. The highest BCUT2D eigenvalue weighted by Gasteiger charge is 2.31. The molecule has 1 aromatic carbocycles. The molecule has 1 saturated heterocycles. The smallest absolute Gasteiger partial charge is 0.266 e. The van der Waals surface area contributed by atoms with Crippen molar-refractivity contribution in [1.82, 2.24) is 14.7 Å². The summed E-state index contributed by atoms with van der Waals surface area (Å²) in [7, 11) is 0. The summed E-state index contributed by atoms with van der Waals surface area (Å²) in [5, 5.41) is 4.59. The minimum absolute atomic E-state index is 0.0127. The van der Waals surface area contributed by atoms with Gasteiger partial charge in [0.15, 0.2) is 0 Å². The van der Waals surface area contributed by atoms with E-state index in [1.807, 2.05) is 29.2 Å². The maximum absolute atomic E-state index is 13.1. The fourth-order valence-electron chi connectivity index (χ4n) is 4.37. The zero-order valence-corrected chi connectivity index (χ0v) is 16.2. The van der Waals surface area contributed by atoms with Crippen molar-refractivity contribution in [3.8, 4) is 0 Å². The zero-order chi connectivity index (χ0) is 19.1. The van der Waals surface area contributed by atoms with Crippen LogP contribution < -0.4 is 5.56 Å². The van der Waals surface area contributed by atoms with Crippen molar-refractivity contribution in [1.29, 1.82) is 0 Å². The van der Waals surface area contributed by atoms with Gasteiger partial charge in [-0.05, 0) is 68.1 Å². The van der Waals surface area contributed by atoms with Crippen LogP contribution in [0.2, 0.25) is 0 Å². The molecule has 2 aromatic rings. The van der Waals surface area contributed by atoms with Gasteiger partial charge in [0.2, 0.25) is 0 Å². The van der Waals surface area contributed by atoms with Gasteiger partial charge in [0.1, 0.15) is 0 Å². The van der Waals surface area contributed by atoms with Crippen molar-refractivity contribution < 1.29 is 4.79 Å². The Morgan fingerprint density at radius 1 is 0.929 bits per heavy atom. The molecular formula is C23H27N3O2. The van der Waals surface area contributed by atoms with Gasteiger partial charge in [0.05, 0.1) is 5.69 Å². The van der Waals surface area contributed by atoms with Crippen LogP contribution in [-0.2, 0) is 6.54 Å². The van der Waals surface area contributed by atoms with Gasteiger partial charge in [-0.15, -0.1) is 0 Å². The van der Waals surface area contributed by atoms with Gasteiger partial charge in [-0.25, -0.2) is 4.68 Å². The Hall–Kier alpha value is -2.43. The molecular weight excluding hydrogens is 350 g/mol. The summed E-state index contributed by atoms with van der Waals surface area (Å²) in [6.45, 7) is 2.19. The van der Waals surface area contributed by atoms with E-state index in [4.69, 9.17) is 0 Å². The number of carbonyl (C=O) groups excluding carboxylic acids is 1. The fourth-order valence-corrected chi connectivity index (χ4v) is 4.37. The molecule has 5 rings (SSSR count). The standard InChI is InChI=1S/C23H27N3O2/c27-22-10-9-21(18-7-8-18)24-26(22)15-16-11-13-25(14-12-16)23(28)20-4-2-1-3-19(20)17-5-6-17/h1-4,9-10,16-18H,5-8,11-15H2. The highest BCUT2D eigenvalue weighted by atomic mass is 16.2. The normalized spacial score (nSPS) is 20.4. The number of aromatic nitrogens is 2. The molecule has 0 spiro atoms. The lowest BCUT2D eigenvalue weighted by Crippen LogP contribution is -2.40. The van der Waals surface area contributed by atoms with E-state index in [-0.39, 0.29) is 11.5 Å². The first-order chi connectivity index (χ1) is 13.7. The molecule has 1 aromatic heterocycles. The van der Waals surface area contributed by atoms with Crippen LogP contribution >= 0.6 is 0 Å².